The Hall–Kier alpha value is -2.40. The largest absolute Gasteiger partial charge is 0.480 e. The fourth-order valence-corrected chi connectivity index (χ4v) is 3.82. The van der Waals surface area contributed by atoms with Gasteiger partial charge in [-0.05, 0) is 48.6 Å². The van der Waals surface area contributed by atoms with Gasteiger partial charge in [0.05, 0.1) is 6.54 Å². The highest BCUT2D eigenvalue weighted by molar-refractivity contribution is 5.83. The highest BCUT2D eigenvalue weighted by Crippen LogP contribution is 2.25. The molecule has 1 aliphatic carbocycles. The molecule has 1 saturated carbocycles. The zero-order valence-corrected chi connectivity index (χ0v) is 15.9. The van der Waals surface area contributed by atoms with Crippen LogP contribution in [0.2, 0.25) is 0 Å². The van der Waals surface area contributed by atoms with Gasteiger partial charge >= 0.3 is 5.97 Å². The summed E-state index contributed by atoms with van der Waals surface area (Å²) < 4.78 is 0. The zero-order valence-electron chi connectivity index (χ0n) is 15.9. The van der Waals surface area contributed by atoms with E-state index in [0.717, 1.165) is 32.2 Å². The van der Waals surface area contributed by atoms with Crippen molar-refractivity contribution in [3.8, 4) is 0 Å². The Morgan fingerprint density at radius 3 is 2.59 bits per heavy atom. The van der Waals surface area contributed by atoms with Crippen LogP contribution in [0.15, 0.2) is 42.5 Å². The van der Waals surface area contributed by atoms with Crippen molar-refractivity contribution in [3.63, 3.8) is 0 Å². The summed E-state index contributed by atoms with van der Waals surface area (Å²) in [6.07, 6.45) is 3.95. The Labute approximate surface area is 160 Å². The van der Waals surface area contributed by atoms with Gasteiger partial charge < -0.3 is 10.4 Å². The number of carboxylic acid groups (broad SMARTS) is 1. The van der Waals surface area contributed by atoms with Gasteiger partial charge in [0, 0.05) is 18.5 Å². The number of benzene rings is 2. The fraction of sp³-hybridized carbons (Fsp3) is 0.455. The maximum absolute atomic E-state index is 12.2. The van der Waals surface area contributed by atoms with Crippen molar-refractivity contribution in [1.29, 1.82) is 0 Å². The van der Waals surface area contributed by atoms with E-state index in [4.69, 9.17) is 5.11 Å². The summed E-state index contributed by atoms with van der Waals surface area (Å²) in [5.74, 6) is -0.696. The summed E-state index contributed by atoms with van der Waals surface area (Å²) in [4.78, 5) is 25.0. The maximum atomic E-state index is 12.2. The molecule has 0 unspecified atom stereocenters. The van der Waals surface area contributed by atoms with Crippen LogP contribution in [0, 0.1) is 0 Å². The number of carbonyl (C=O) groups is 2. The average Bonchev–Trinajstić information content (AvgIpc) is 2.62. The first-order valence-electron chi connectivity index (χ1n) is 9.78. The summed E-state index contributed by atoms with van der Waals surface area (Å²) in [6.45, 7) is 2.78. The topological polar surface area (TPSA) is 69.6 Å². The number of fused-ring (bicyclic) bond motifs is 1. The smallest absolute Gasteiger partial charge is 0.317 e. The van der Waals surface area contributed by atoms with Crippen LogP contribution in [0.5, 0.6) is 0 Å². The molecule has 144 valence electrons. The highest BCUT2D eigenvalue weighted by Gasteiger charge is 2.34. The first-order chi connectivity index (χ1) is 13.0. The summed E-state index contributed by atoms with van der Waals surface area (Å²) in [5, 5.41) is 14.5. The van der Waals surface area contributed by atoms with Crippen LogP contribution in [0.25, 0.3) is 10.8 Å². The highest BCUT2D eigenvalue weighted by atomic mass is 16.4. The van der Waals surface area contributed by atoms with Gasteiger partial charge in [-0.15, -0.1) is 0 Å². The molecule has 2 N–H and O–H groups in total. The third-order valence-corrected chi connectivity index (χ3v) is 5.42. The van der Waals surface area contributed by atoms with Gasteiger partial charge in [0.1, 0.15) is 0 Å². The van der Waals surface area contributed by atoms with Crippen molar-refractivity contribution in [1.82, 2.24) is 10.2 Å². The summed E-state index contributed by atoms with van der Waals surface area (Å²) in [7, 11) is 0. The molecule has 0 spiro atoms. The number of hydrogen-bond acceptors (Lipinski definition) is 3. The van der Waals surface area contributed by atoms with Crippen molar-refractivity contribution in [2.75, 3.05) is 13.1 Å². The molecule has 0 atom stereocenters. The molecule has 5 nitrogen and oxygen atoms in total. The lowest BCUT2D eigenvalue weighted by Gasteiger charge is -2.42. The molecule has 27 heavy (non-hydrogen) atoms. The van der Waals surface area contributed by atoms with Gasteiger partial charge in [0.2, 0.25) is 5.91 Å². The van der Waals surface area contributed by atoms with E-state index in [-0.39, 0.29) is 24.5 Å². The third kappa shape index (κ3) is 5.30. The van der Waals surface area contributed by atoms with Crippen molar-refractivity contribution in [2.24, 2.45) is 0 Å². The Morgan fingerprint density at radius 2 is 1.89 bits per heavy atom. The Kier molecular flexibility index (Phi) is 6.45. The van der Waals surface area contributed by atoms with E-state index < -0.39 is 5.97 Å². The fourth-order valence-electron chi connectivity index (χ4n) is 3.82. The van der Waals surface area contributed by atoms with Gasteiger partial charge in [-0.1, -0.05) is 49.4 Å². The lowest BCUT2D eigenvalue weighted by atomic mass is 9.85. The van der Waals surface area contributed by atoms with Crippen molar-refractivity contribution >= 4 is 22.6 Å². The van der Waals surface area contributed by atoms with Gasteiger partial charge in [-0.25, -0.2) is 0 Å². The van der Waals surface area contributed by atoms with Crippen LogP contribution in [-0.4, -0.2) is 47.1 Å². The number of aryl methyl sites for hydroxylation is 1. The number of amides is 1. The number of nitrogens with zero attached hydrogens (tertiary/aromatic N) is 1. The monoisotopic (exact) mass is 368 g/mol. The molecule has 0 heterocycles. The molecular weight excluding hydrogens is 340 g/mol. The molecule has 5 heteroatoms. The quantitative estimate of drug-likeness (QED) is 0.713. The van der Waals surface area contributed by atoms with Crippen LogP contribution in [0.3, 0.4) is 0 Å². The standard InChI is InChI=1S/C22H28N2O3/c1-2-24(15-22(26)27)20-13-19(14-20)23-21(25)9-5-6-16-10-11-17-7-3-4-8-18(17)12-16/h3-4,7-8,10-12,19-20H,2,5-6,9,13-15H2,1H3,(H,23,25)(H,26,27). The van der Waals surface area contributed by atoms with Crippen LogP contribution in [0.4, 0.5) is 0 Å². The van der Waals surface area contributed by atoms with Gasteiger partial charge in [0.15, 0.2) is 0 Å². The number of nitrogens with one attached hydrogen (secondary N) is 1. The number of likely N-dealkylation sites (N-methyl/N-ethyl adjacent to an activating group) is 1. The number of aliphatic carboxylic acids is 1. The average molecular weight is 368 g/mol. The van der Waals surface area contributed by atoms with Gasteiger partial charge in [-0.2, -0.15) is 0 Å². The molecule has 0 radical (unpaired) electrons. The second kappa shape index (κ2) is 9.00. The van der Waals surface area contributed by atoms with Crippen LogP contribution in [0.1, 0.15) is 38.2 Å². The van der Waals surface area contributed by atoms with E-state index in [9.17, 15) is 9.59 Å². The molecule has 0 bridgehead atoms. The first kappa shape index (κ1) is 19.4. The SMILES string of the molecule is CCN(CC(=O)O)C1CC(NC(=O)CCCc2ccc3ccccc3c2)C1. The van der Waals surface area contributed by atoms with Crippen molar-refractivity contribution in [3.05, 3.63) is 48.0 Å². The maximum Gasteiger partial charge on any atom is 0.317 e. The number of carbonyl (C=O) groups excluding carboxylic acids is 1. The molecule has 1 fully saturated rings. The molecule has 3 rings (SSSR count). The predicted octanol–water partition coefficient (Wildman–Crippen LogP) is 3.22. The first-order valence-corrected chi connectivity index (χ1v) is 9.78. The van der Waals surface area contributed by atoms with E-state index in [1.807, 2.05) is 24.0 Å². The second-order valence-electron chi connectivity index (χ2n) is 7.38. The number of rotatable bonds is 9. The minimum Gasteiger partial charge on any atom is -0.480 e. The normalized spacial score (nSPS) is 19.0. The Balaban J connectivity index is 1.37. The summed E-state index contributed by atoms with van der Waals surface area (Å²) in [6, 6.07) is 15.2. The zero-order chi connectivity index (χ0) is 19.2. The summed E-state index contributed by atoms with van der Waals surface area (Å²) >= 11 is 0. The van der Waals surface area contributed by atoms with Crippen LogP contribution in [-0.2, 0) is 16.0 Å². The van der Waals surface area contributed by atoms with E-state index in [1.165, 1.54) is 16.3 Å². The molecule has 2 aromatic rings. The molecule has 0 saturated heterocycles. The third-order valence-electron chi connectivity index (χ3n) is 5.42. The Bertz CT molecular complexity index is 799. The minimum absolute atomic E-state index is 0.0770. The van der Waals surface area contributed by atoms with E-state index in [2.05, 4.69) is 35.6 Å². The van der Waals surface area contributed by atoms with E-state index in [1.54, 1.807) is 0 Å². The molecule has 0 aromatic heterocycles. The second-order valence-corrected chi connectivity index (χ2v) is 7.38. The predicted molar refractivity (Wildman–Crippen MR) is 107 cm³/mol. The van der Waals surface area contributed by atoms with E-state index in [0.29, 0.717) is 6.42 Å². The molecule has 1 amide bonds. The summed E-state index contributed by atoms with van der Waals surface area (Å²) in [5.41, 5.74) is 1.26. The lowest BCUT2D eigenvalue weighted by molar-refractivity contribution is -0.139. The number of carboxylic acids is 1. The van der Waals surface area contributed by atoms with Gasteiger partial charge in [0.25, 0.3) is 0 Å². The molecule has 0 aliphatic heterocycles. The molecular formula is C22H28N2O3. The van der Waals surface area contributed by atoms with Crippen molar-refractivity contribution < 1.29 is 14.7 Å². The van der Waals surface area contributed by atoms with E-state index >= 15 is 0 Å². The lowest BCUT2D eigenvalue weighted by Crippen LogP contribution is -2.54. The van der Waals surface area contributed by atoms with Crippen molar-refractivity contribution in [2.45, 2.75) is 51.1 Å². The minimum atomic E-state index is -0.793. The Morgan fingerprint density at radius 1 is 1.15 bits per heavy atom. The number of hydrogen-bond donors (Lipinski definition) is 2. The molecule has 2 aromatic carbocycles. The van der Waals surface area contributed by atoms with Gasteiger partial charge in [-0.3, -0.25) is 14.5 Å². The molecule has 1 aliphatic rings. The van der Waals surface area contributed by atoms with Crippen LogP contribution < -0.4 is 5.32 Å². The van der Waals surface area contributed by atoms with Crippen LogP contribution >= 0.6 is 0 Å².